The molecule has 0 saturated heterocycles. The lowest BCUT2D eigenvalue weighted by atomic mass is 10.2. The highest BCUT2D eigenvalue weighted by atomic mass is 79.9. The van der Waals surface area contributed by atoms with Gasteiger partial charge >= 0.3 is 4.83 Å². The summed E-state index contributed by atoms with van der Waals surface area (Å²) in [6.07, 6.45) is -0.465. The van der Waals surface area contributed by atoms with Crippen LogP contribution >= 0.6 is 43.5 Å². The Morgan fingerprint density at radius 1 is 1.45 bits per heavy atom. The van der Waals surface area contributed by atoms with Crippen molar-refractivity contribution in [1.29, 1.82) is 0 Å². The molecule has 2 atom stereocenters. The average molecular weight is 318 g/mol. The Hall–Kier alpha value is 1.04. The fourth-order valence-corrected chi connectivity index (χ4v) is 1.49. The van der Waals surface area contributed by atoms with Crippen molar-refractivity contribution in [3.8, 4) is 0 Å². The minimum atomic E-state index is -3.69. The average Bonchev–Trinajstić information content (AvgIpc) is 1.56. The first-order valence-electron chi connectivity index (χ1n) is 2.75. The molecule has 0 heterocycles. The van der Waals surface area contributed by atoms with Crippen LogP contribution in [-0.2, 0) is 0 Å². The number of hydrogen-bond donors (Lipinski definition) is 0. The van der Waals surface area contributed by atoms with E-state index in [1.54, 1.807) is 0 Å². The maximum absolute atomic E-state index is 12.8. The number of halogens is 6. The minimum Gasteiger partial charge on any atom is -0.218 e. The molecule has 11 heavy (non-hydrogen) atoms. The zero-order chi connectivity index (χ0) is 9.28. The molecule has 0 N–H and O–H groups in total. The van der Waals surface area contributed by atoms with E-state index in [0.29, 0.717) is 0 Å². The molecule has 0 amide bonds. The summed E-state index contributed by atoms with van der Waals surface area (Å²) in [4.78, 5) is -4.09. The van der Waals surface area contributed by atoms with Gasteiger partial charge in [-0.1, -0.05) is 34.5 Å². The second-order valence-electron chi connectivity index (χ2n) is 2.19. The van der Waals surface area contributed by atoms with Gasteiger partial charge in [0.2, 0.25) is 0 Å². The second kappa shape index (κ2) is 3.83. The lowest BCUT2D eigenvalue weighted by molar-refractivity contribution is -0.00877. The number of rotatable bonds is 3. The van der Waals surface area contributed by atoms with Crippen LogP contribution in [0.2, 0.25) is 0 Å². The van der Waals surface area contributed by atoms with E-state index in [-0.39, 0.29) is 0 Å². The fraction of sp³-hybridized carbons (Fsp3) is 1.00. The Labute approximate surface area is 84.7 Å². The zero-order valence-corrected chi connectivity index (χ0v) is 9.48. The van der Waals surface area contributed by atoms with E-state index in [9.17, 15) is 13.2 Å². The predicted octanol–water partition coefficient (Wildman–Crippen LogP) is 4.05. The fourth-order valence-electron chi connectivity index (χ4n) is 0.469. The smallest absolute Gasteiger partial charge is 0.218 e. The summed E-state index contributed by atoms with van der Waals surface area (Å²) >= 11 is 9.71. The third-order valence-electron chi connectivity index (χ3n) is 0.952. The van der Waals surface area contributed by atoms with Gasteiger partial charge < -0.3 is 0 Å². The molecular formula is C5H6Br2ClF3. The molecule has 68 valence electrons. The van der Waals surface area contributed by atoms with Crippen LogP contribution in [0, 0.1) is 0 Å². The Kier molecular flexibility index (Phi) is 4.19. The monoisotopic (exact) mass is 316 g/mol. The first-order chi connectivity index (χ1) is 4.67. The second-order valence-corrected chi connectivity index (χ2v) is 5.35. The molecule has 0 fully saturated rings. The summed E-state index contributed by atoms with van der Waals surface area (Å²) < 4.78 is 37.3. The van der Waals surface area contributed by atoms with E-state index in [1.165, 1.54) is 6.92 Å². The molecule has 0 aliphatic carbocycles. The van der Waals surface area contributed by atoms with Gasteiger partial charge in [-0.3, -0.25) is 0 Å². The molecule has 0 aromatic carbocycles. The summed E-state index contributed by atoms with van der Waals surface area (Å²) in [6.45, 7) is 1.54. The summed E-state index contributed by atoms with van der Waals surface area (Å²) in [6, 6.07) is 0. The number of hydrogen-bond acceptors (Lipinski definition) is 0. The Bertz CT molecular complexity index is 132. The molecule has 0 aromatic rings. The van der Waals surface area contributed by atoms with E-state index < -0.39 is 21.2 Å². The van der Waals surface area contributed by atoms with Crippen molar-refractivity contribution in [1.82, 2.24) is 0 Å². The van der Waals surface area contributed by atoms with Gasteiger partial charge in [-0.2, -0.15) is 8.78 Å². The summed E-state index contributed by atoms with van der Waals surface area (Å²) in [5, 5.41) is -3.03. The van der Waals surface area contributed by atoms with Gasteiger partial charge in [-0.25, -0.2) is 4.39 Å². The van der Waals surface area contributed by atoms with E-state index in [2.05, 4.69) is 15.9 Å². The molecule has 6 heteroatoms. The maximum atomic E-state index is 12.8. The highest BCUT2D eigenvalue weighted by Crippen LogP contribution is 2.44. The minimum absolute atomic E-state index is 0.395. The summed E-state index contributed by atoms with van der Waals surface area (Å²) in [7, 11) is 0. The van der Waals surface area contributed by atoms with Gasteiger partial charge in [-0.05, 0) is 15.9 Å². The maximum Gasteiger partial charge on any atom is 0.348 e. The van der Waals surface area contributed by atoms with Crippen LogP contribution in [0.15, 0.2) is 0 Å². The zero-order valence-electron chi connectivity index (χ0n) is 5.55. The molecule has 0 radical (unpaired) electrons. The third kappa shape index (κ3) is 3.99. The Balaban J connectivity index is 4.22. The standard InChI is InChI=1S/C5H6Br2ClF3/c1-3(6)2-4(8,9)5(7,10)11/h3H,2H2,1H3/t3-,4+/m1/s1. The SMILES string of the molecule is C[C@@H](Br)C[C@@](F)(Cl)C(F)(F)Br. The van der Waals surface area contributed by atoms with Crippen LogP contribution in [0.1, 0.15) is 13.3 Å². The van der Waals surface area contributed by atoms with Gasteiger partial charge in [-0.15, -0.1) is 0 Å². The molecule has 0 unspecified atom stereocenters. The quantitative estimate of drug-likeness (QED) is 0.689. The lowest BCUT2D eigenvalue weighted by Gasteiger charge is -2.23. The van der Waals surface area contributed by atoms with Crippen molar-refractivity contribution in [3.05, 3.63) is 0 Å². The molecule has 0 aliphatic heterocycles. The summed E-state index contributed by atoms with van der Waals surface area (Å²) in [5.41, 5.74) is 0. The molecular weight excluding hydrogens is 312 g/mol. The molecule has 0 saturated carbocycles. The van der Waals surface area contributed by atoms with E-state index in [1.807, 2.05) is 15.9 Å². The van der Waals surface area contributed by atoms with Crippen LogP contribution in [0.5, 0.6) is 0 Å². The van der Waals surface area contributed by atoms with Crippen molar-refractivity contribution in [2.24, 2.45) is 0 Å². The first-order valence-corrected chi connectivity index (χ1v) is 4.84. The van der Waals surface area contributed by atoms with E-state index in [4.69, 9.17) is 11.6 Å². The van der Waals surface area contributed by atoms with Crippen molar-refractivity contribution < 1.29 is 13.2 Å². The summed E-state index contributed by atoms with van der Waals surface area (Å²) in [5.74, 6) is 0. The van der Waals surface area contributed by atoms with Crippen LogP contribution in [0.25, 0.3) is 0 Å². The van der Waals surface area contributed by atoms with Crippen LogP contribution < -0.4 is 0 Å². The molecule has 0 aliphatic rings. The van der Waals surface area contributed by atoms with E-state index >= 15 is 0 Å². The lowest BCUT2D eigenvalue weighted by Crippen LogP contribution is -2.35. The third-order valence-corrected chi connectivity index (χ3v) is 2.52. The first kappa shape index (κ1) is 12.0. The predicted molar refractivity (Wildman–Crippen MR) is 46.6 cm³/mol. The highest BCUT2D eigenvalue weighted by molar-refractivity contribution is 9.10. The largest absolute Gasteiger partial charge is 0.348 e. The van der Waals surface area contributed by atoms with Gasteiger partial charge in [0, 0.05) is 11.2 Å². The van der Waals surface area contributed by atoms with Crippen molar-refractivity contribution in [2.45, 2.75) is 28.1 Å². The van der Waals surface area contributed by atoms with Crippen LogP contribution in [-0.4, -0.2) is 14.8 Å². The highest BCUT2D eigenvalue weighted by Gasteiger charge is 2.51. The number of alkyl halides is 6. The van der Waals surface area contributed by atoms with Gasteiger partial charge in [0.05, 0.1) is 0 Å². The van der Waals surface area contributed by atoms with Gasteiger partial charge in [0.1, 0.15) is 0 Å². The van der Waals surface area contributed by atoms with Crippen molar-refractivity contribution in [2.75, 3.05) is 0 Å². The molecule has 0 aromatic heterocycles. The molecule has 0 rings (SSSR count). The van der Waals surface area contributed by atoms with Gasteiger partial charge in [0.25, 0.3) is 5.13 Å². The Morgan fingerprint density at radius 3 is 1.91 bits per heavy atom. The normalized spacial score (nSPS) is 21.0. The van der Waals surface area contributed by atoms with E-state index in [0.717, 1.165) is 0 Å². The molecule has 0 spiro atoms. The van der Waals surface area contributed by atoms with Crippen LogP contribution in [0.4, 0.5) is 13.2 Å². The van der Waals surface area contributed by atoms with Gasteiger partial charge in [0.15, 0.2) is 0 Å². The molecule has 0 bridgehead atoms. The molecule has 0 nitrogen and oxygen atoms in total. The topological polar surface area (TPSA) is 0 Å². The van der Waals surface area contributed by atoms with Crippen molar-refractivity contribution in [3.63, 3.8) is 0 Å². The van der Waals surface area contributed by atoms with Crippen molar-refractivity contribution >= 4 is 43.5 Å². The van der Waals surface area contributed by atoms with Crippen LogP contribution in [0.3, 0.4) is 0 Å². The Morgan fingerprint density at radius 2 is 1.82 bits per heavy atom.